The Morgan fingerprint density at radius 2 is 1.92 bits per heavy atom. The van der Waals surface area contributed by atoms with E-state index in [9.17, 15) is 4.39 Å². The highest BCUT2D eigenvalue weighted by atomic mass is 79.9. The number of rotatable bonds is 3. The topological polar surface area (TPSA) is 12.5 Å². The number of nitrogens with zero attached hydrogens (tertiary/aromatic N) is 1. The van der Waals surface area contributed by atoms with Gasteiger partial charge in [0.15, 0.2) is 0 Å². The van der Waals surface area contributed by atoms with Crippen molar-refractivity contribution in [3.05, 3.63) is 76.0 Å². The molecule has 1 fully saturated rings. The van der Waals surface area contributed by atoms with Gasteiger partial charge in [-0.15, -0.1) is 0 Å². The summed E-state index contributed by atoms with van der Waals surface area (Å²) in [7, 11) is 0. The molecule has 4 rings (SSSR count). The van der Waals surface area contributed by atoms with Crippen LogP contribution in [0.5, 0.6) is 0 Å². The Morgan fingerprint density at radius 1 is 1.08 bits per heavy atom. The Balaban J connectivity index is 1.65. The minimum Gasteiger partial charge on any atom is -0.378 e. The van der Waals surface area contributed by atoms with Gasteiger partial charge in [-0.05, 0) is 29.7 Å². The molecule has 0 spiro atoms. The van der Waals surface area contributed by atoms with Gasteiger partial charge in [0.05, 0.1) is 19.3 Å². The van der Waals surface area contributed by atoms with Gasteiger partial charge in [0.2, 0.25) is 0 Å². The first-order chi connectivity index (χ1) is 11.7. The number of hydrogen-bond donors (Lipinski definition) is 0. The van der Waals surface area contributed by atoms with Gasteiger partial charge in [-0.1, -0.05) is 58.4 Å². The summed E-state index contributed by atoms with van der Waals surface area (Å²) in [5, 5.41) is 0. The summed E-state index contributed by atoms with van der Waals surface area (Å²) in [6.07, 6.45) is 2.99. The Kier molecular flexibility index (Phi) is 4.53. The van der Waals surface area contributed by atoms with Gasteiger partial charge in [0.25, 0.3) is 0 Å². The quantitative estimate of drug-likeness (QED) is 0.760. The van der Waals surface area contributed by atoms with Crippen molar-refractivity contribution in [3.8, 4) is 0 Å². The monoisotopic (exact) mass is 387 g/mol. The molecule has 0 N–H and O–H groups in total. The van der Waals surface area contributed by atoms with E-state index in [0.29, 0.717) is 18.8 Å². The SMILES string of the molecule is Fc1cccc(Br)c1C1=CC2COCC(C1)N2Cc1ccccc1. The summed E-state index contributed by atoms with van der Waals surface area (Å²) in [5.74, 6) is -0.161. The fourth-order valence-corrected chi connectivity index (χ4v) is 4.29. The molecule has 2 atom stereocenters. The minimum atomic E-state index is -0.161. The maximum absolute atomic E-state index is 14.3. The highest BCUT2D eigenvalue weighted by Gasteiger charge is 2.35. The second kappa shape index (κ2) is 6.79. The molecule has 2 bridgehead atoms. The van der Waals surface area contributed by atoms with E-state index in [1.165, 1.54) is 11.6 Å². The van der Waals surface area contributed by atoms with Crippen molar-refractivity contribution in [2.24, 2.45) is 0 Å². The Morgan fingerprint density at radius 3 is 2.67 bits per heavy atom. The van der Waals surface area contributed by atoms with E-state index >= 15 is 0 Å². The van der Waals surface area contributed by atoms with Crippen molar-refractivity contribution in [3.63, 3.8) is 0 Å². The number of fused-ring (bicyclic) bond motifs is 2. The highest BCUT2D eigenvalue weighted by Crippen LogP contribution is 2.37. The van der Waals surface area contributed by atoms with Gasteiger partial charge in [0.1, 0.15) is 5.82 Å². The minimum absolute atomic E-state index is 0.161. The largest absolute Gasteiger partial charge is 0.378 e. The summed E-state index contributed by atoms with van der Waals surface area (Å²) in [6, 6.07) is 16.1. The second-order valence-corrected chi connectivity index (χ2v) is 7.26. The molecule has 2 nitrogen and oxygen atoms in total. The van der Waals surface area contributed by atoms with Crippen molar-refractivity contribution in [2.75, 3.05) is 13.2 Å². The number of morpholine rings is 1. The van der Waals surface area contributed by atoms with E-state index in [-0.39, 0.29) is 17.9 Å². The van der Waals surface area contributed by atoms with E-state index in [0.717, 1.165) is 23.0 Å². The maximum atomic E-state index is 14.3. The summed E-state index contributed by atoms with van der Waals surface area (Å²) in [4.78, 5) is 2.48. The molecular weight excluding hydrogens is 369 g/mol. The first kappa shape index (κ1) is 16.0. The number of ether oxygens (including phenoxy) is 1. The van der Waals surface area contributed by atoms with E-state index in [1.807, 2.05) is 12.1 Å². The van der Waals surface area contributed by atoms with E-state index in [4.69, 9.17) is 4.74 Å². The third-order valence-electron chi connectivity index (χ3n) is 4.83. The Labute approximate surface area is 150 Å². The average Bonchev–Trinajstić information content (AvgIpc) is 2.56. The molecule has 4 heteroatoms. The van der Waals surface area contributed by atoms with Gasteiger partial charge in [0, 0.05) is 22.6 Å². The predicted molar refractivity (Wildman–Crippen MR) is 97.1 cm³/mol. The number of hydrogen-bond acceptors (Lipinski definition) is 2. The van der Waals surface area contributed by atoms with Gasteiger partial charge in [-0.25, -0.2) is 4.39 Å². The standard InChI is InChI=1S/C20H19BrFNO/c21-18-7-4-8-19(22)20(18)15-9-16-12-24-13-17(10-15)23(16)11-14-5-2-1-3-6-14/h1-9,16-17H,10-13H2. The van der Waals surface area contributed by atoms with Crippen molar-refractivity contribution >= 4 is 21.5 Å². The summed E-state index contributed by atoms with van der Waals surface area (Å²) >= 11 is 3.51. The lowest BCUT2D eigenvalue weighted by atomic mass is 9.89. The van der Waals surface area contributed by atoms with Crippen molar-refractivity contribution in [1.29, 1.82) is 0 Å². The zero-order chi connectivity index (χ0) is 16.5. The van der Waals surface area contributed by atoms with E-state index < -0.39 is 0 Å². The molecule has 0 saturated carbocycles. The van der Waals surface area contributed by atoms with Gasteiger partial charge in [-0.3, -0.25) is 4.90 Å². The normalized spacial score (nSPS) is 23.8. The lowest BCUT2D eigenvalue weighted by Gasteiger charge is -2.45. The molecule has 0 aliphatic carbocycles. The predicted octanol–water partition coefficient (Wildman–Crippen LogP) is 4.64. The molecule has 0 amide bonds. The zero-order valence-corrected chi connectivity index (χ0v) is 14.9. The molecule has 24 heavy (non-hydrogen) atoms. The van der Waals surface area contributed by atoms with Crippen LogP contribution in [-0.4, -0.2) is 30.2 Å². The third-order valence-corrected chi connectivity index (χ3v) is 5.50. The molecule has 2 aliphatic heterocycles. The van der Waals surface area contributed by atoms with E-state index in [1.54, 1.807) is 6.07 Å². The fourth-order valence-electron chi connectivity index (χ4n) is 3.69. The van der Waals surface area contributed by atoms with Crippen molar-refractivity contribution in [1.82, 2.24) is 4.90 Å². The maximum Gasteiger partial charge on any atom is 0.131 e. The summed E-state index contributed by atoms with van der Waals surface area (Å²) in [5.41, 5.74) is 3.09. The molecule has 0 aromatic heterocycles. The van der Waals surface area contributed by atoms with Crippen LogP contribution >= 0.6 is 15.9 Å². The second-order valence-electron chi connectivity index (χ2n) is 6.41. The van der Waals surface area contributed by atoms with Crippen molar-refractivity contribution < 1.29 is 9.13 Å². The van der Waals surface area contributed by atoms with Crippen LogP contribution in [0.1, 0.15) is 17.5 Å². The highest BCUT2D eigenvalue weighted by molar-refractivity contribution is 9.10. The van der Waals surface area contributed by atoms with Crippen LogP contribution in [0.3, 0.4) is 0 Å². The Hall–Kier alpha value is -1.49. The third kappa shape index (κ3) is 3.06. The number of benzene rings is 2. The lowest BCUT2D eigenvalue weighted by molar-refractivity contribution is -0.0403. The molecule has 0 radical (unpaired) electrons. The first-order valence-electron chi connectivity index (χ1n) is 8.25. The molecule has 2 heterocycles. The van der Waals surface area contributed by atoms with Gasteiger partial charge < -0.3 is 4.74 Å². The summed E-state index contributed by atoms with van der Waals surface area (Å²) in [6.45, 7) is 2.27. The average molecular weight is 388 g/mol. The smallest absolute Gasteiger partial charge is 0.131 e. The summed E-state index contributed by atoms with van der Waals surface area (Å²) < 4.78 is 20.9. The van der Waals surface area contributed by atoms with Crippen LogP contribution in [0.15, 0.2) is 59.1 Å². The van der Waals surface area contributed by atoms with Crippen LogP contribution in [0, 0.1) is 5.82 Å². The van der Waals surface area contributed by atoms with E-state index in [2.05, 4.69) is 51.2 Å². The van der Waals surface area contributed by atoms with Crippen LogP contribution in [0.25, 0.3) is 5.57 Å². The van der Waals surface area contributed by atoms with Gasteiger partial charge >= 0.3 is 0 Å². The fraction of sp³-hybridized carbons (Fsp3) is 0.300. The van der Waals surface area contributed by atoms with Crippen LogP contribution < -0.4 is 0 Å². The lowest BCUT2D eigenvalue weighted by Crippen LogP contribution is -2.53. The zero-order valence-electron chi connectivity index (χ0n) is 13.3. The molecule has 1 saturated heterocycles. The Bertz CT molecular complexity index is 741. The first-order valence-corrected chi connectivity index (χ1v) is 9.04. The van der Waals surface area contributed by atoms with Crippen molar-refractivity contribution in [2.45, 2.75) is 25.0 Å². The number of halogens is 2. The van der Waals surface area contributed by atoms with Crippen LogP contribution in [-0.2, 0) is 11.3 Å². The van der Waals surface area contributed by atoms with Crippen LogP contribution in [0.4, 0.5) is 4.39 Å². The molecule has 2 unspecified atom stereocenters. The molecule has 2 aromatic carbocycles. The molecule has 2 aromatic rings. The molecular formula is C20H19BrFNO. The van der Waals surface area contributed by atoms with Gasteiger partial charge in [-0.2, -0.15) is 0 Å². The molecule has 2 aliphatic rings. The molecule has 124 valence electrons. The van der Waals surface area contributed by atoms with Crippen LogP contribution in [0.2, 0.25) is 0 Å².